The van der Waals surface area contributed by atoms with E-state index in [0.717, 1.165) is 4.90 Å². The number of rotatable bonds is 2. The van der Waals surface area contributed by atoms with Crippen LogP contribution in [0, 0.1) is 11.8 Å². The van der Waals surface area contributed by atoms with Crippen LogP contribution in [0.4, 0.5) is 0 Å². The number of fused-ring (bicyclic) bond motifs is 1. The Bertz CT molecular complexity index is 430. The fraction of sp³-hybridized carbons (Fsp3) is 0.667. The van der Waals surface area contributed by atoms with Gasteiger partial charge >= 0.3 is 0 Å². The zero-order valence-corrected chi connectivity index (χ0v) is 10.5. The van der Waals surface area contributed by atoms with Crippen LogP contribution in [0.5, 0.6) is 0 Å². The van der Waals surface area contributed by atoms with E-state index in [1.54, 1.807) is 14.1 Å². The fourth-order valence-electron chi connectivity index (χ4n) is 2.50. The zero-order valence-electron chi connectivity index (χ0n) is 10.5. The summed E-state index contributed by atoms with van der Waals surface area (Å²) in [5.41, 5.74) is 0. The molecule has 0 N–H and O–H groups in total. The first-order valence-electron chi connectivity index (χ1n) is 5.99. The van der Waals surface area contributed by atoms with E-state index in [1.165, 1.54) is 4.90 Å². The molecule has 1 saturated heterocycles. The van der Waals surface area contributed by atoms with Gasteiger partial charge in [-0.3, -0.25) is 24.1 Å². The number of carbonyl (C=O) groups is 4. The van der Waals surface area contributed by atoms with E-state index in [0.29, 0.717) is 12.8 Å². The average Bonchev–Trinajstić information content (AvgIpc) is 2.54. The number of likely N-dealkylation sites (N-methyl/N-ethyl adjacent to an activating group) is 1. The monoisotopic (exact) mass is 252 g/mol. The van der Waals surface area contributed by atoms with Gasteiger partial charge < -0.3 is 4.90 Å². The summed E-state index contributed by atoms with van der Waals surface area (Å²) >= 11 is 0. The summed E-state index contributed by atoms with van der Waals surface area (Å²) < 4.78 is 0. The minimum atomic E-state index is -0.534. The molecule has 0 radical (unpaired) electrons. The molecule has 6 heteroatoms. The molecule has 1 aliphatic heterocycles. The van der Waals surface area contributed by atoms with Crippen LogP contribution >= 0.6 is 0 Å². The van der Waals surface area contributed by atoms with Crippen molar-refractivity contribution in [2.75, 3.05) is 20.6 Å². The lowest BCUT2D eigenvalue weighted by Gasteiger charge is -2.18. The molecule has 0 spiro atoms. The molecule has 6 nitrogen and oxygen atoms in total. The van der Waals surface area contributed by atoms with E-state index in [9.17, 15) is 19.2 Å². The number of amides is 3. The highest BCUT2D eigenvalue weighted by molar-refractivity contribution is 6.09. The number of hydrogen-bond donors (Lipinski definition) is 0. The largest absolute Gasteiger partial charge is 0.347 e. The van der Waals surface area contributed by atoms with Crippen LogP contribution in [0.25, 0.3) is 0 Å². The van der Waals surface area contributed by atoms with Gasteiger partial charge in [-0.15, -0.1) is 0 Å². The molecule has 2 fully saturated rings. The molecular weight excluding hydrogens is 236 g/mol. The van der Waals surface area contributed by atoms with Gasteiger partial charge in [0.25, 0.3) is 0 Å². The van der Waals surface area contributed by atoms with Crippen LogP contribution in [0.1, 0.15) is 19.3 Å². The van der Waals surface area contributed by atoms with Gasteiger partial charge in [0.1, 0.15) is 12.3 Å². The number of Topliss-reactive ketones (excluding diaryl/α,β-unsaturated/α-hetero) is 1. The first-order chi connectivity index (χ1) is 8.41. The number of ketones is 1. The van der Waals surface area contributed by atoms with E-state index >= 15 is 0 Å². The molecule has 1 aliphatic carbocycles. The lowest BCUT2D eigenvalue weighted by atomic mass is 9.80. The van der Waals surface area contributed by atoms with Gasteiger partial charge in [-0.1, -0.05) is 0 Å². The highest BCUT2D eigenvalue weighted by Crippen LogP contribution is 2.36. The highest BCUT2D eigenvalue weighted by Gasteiger charge is 2.50. The maximum atomic E-state index is 12.0. The van der Waals surface area contributed by atoms with Crippen LogP contribution in [-0.2, 0) is 19.2 Å². The maximum Gasteiger partial charge on any atom is 0.242 e. The Hall–Kier alpha value is -1.72. The predicted octanol–water partition coefficient (Wildman–Crippen LogP) is -0.571. The Balaban J connectivity index is 2.14. The molecule has 0 bridgehead atoms. The first kappa shape index (κ1) is 12.7. The van der Waals surface area contributed by atoms with Crippen LogP contribution in [0.2, 0.25) is 0 Å². The summed E-state index contributed by atoms with van der Waals surface area (Å²) in [6.07, 6.45) is 0.929. The van der Waals surface area contributed by atoms with Crippen molar-refractivity contribution in [2.45, 2.75) is 19.3 Å². The molecule has 0 aromatic rings. The SMILES string of the molecule is CN(C)C(=O)CN1C(=O)C2CCC(=O)CC2C1=O. The van der Waals surface area contributed by atoms with Gasteiger partial charge in [0.15, 0.2) is 0 Å². The van der Waals surface area contributed by atoms with Crippen molar-refractivity contribution in [3.8, 4) is 0 Å². The normalized spacial score (nSPS) is 27.4. The van der Waals surface area contributed by atoms with Gasteiger partial charge in [0.05, 0.1) is 11.8 Å². The van der Waals surface area contributed by atoms with Crippen molar-refractivity contribution in [3.63, 3.8) is 0 Å². The molecule has 0 aromatic heterocycles. The number of nitrogens with zero attached hydrogens (tertiary/aromatic N) is 2. The standard InChI is InChI=1S/C12H16N2O4/c1-13(2)10(16)6-14-11(17)8-4-3-7(15)5-9(8)12(14)18/h8-9H,3-6H2,1-2H3. The molecule has 2 atom stereocenters. The number of likely N-dealkylation sites (tertiary alicyclic amines) is 1. The van der Waals surface area contributed by atoms with Gasteiger partial charge in [0, 0.05) is 26.9 Å². The van der Waals surface area contributed by atoms with Crippen molar-refractivity contribution in [2.24, 2.45) is 11.8 Å². The Morgan fingerprint density at radius 3 is 2.44 bits per heavy atom. The van der Waals surface area contributed by atoms with Crippen molar-refractivity contribution in [1.82, 2.24) is 9.80 Å². The second kappa shape index (κ2) is 4.51. The third kappa shape index (κ3) is 2.02. The highest BCUT2D eigenvalue weighted by atomic mass is 16.2. The van der Waals surface area contributed by atoms with E-state index in [4.69, 9.17) is 0 Å². The number of imide groups is 1. The molecule has 1 heterocycles. The van der Waals surface area contributed by atoms with E-state index in [-0.39, 0.29) is 36.5 Å². The summed E-state index contributed by atoms with van der Waals surface area (Å²) in [4.78, 5) is 49.3. The Labute approximate surface area is 105 Å². The summed E-state index contributed by atoms with van der Waals surface area (Å²) in [5.74, 6) is -1.86. The zero-order chi connectivity index (χ0) is 13.4. The molecule has 1 saturated carbocycles. The molecule has 2 aliphatic rings. The average molecular weight is 252 g/mol. The summed E-state index contributed by atoms with van der Waals surface area (Å²) in [5, 5.41) is 0. The van der Waals surface area contributed by atoms with Crippen molar-refractivity contribution in [1.29, 1.82) is 0 Å². The molecule has 0 aromatic carbocycles. The first-order valence-corrected chi connectivity index (χ1v) is 5.99. The lowest BCUT2D eigenvalue weighted by molar-refractivity contribution is -0.145. The Morgan fingerprint density at radius 1 is 1.22 bits per heavy atom. The quantitative estimate of drug-likeness (QED) is 0.617. The van der Waals surface area contributed by atoms with Gasteiger partial charge in [-0.25, -0.2) is 0 Å². The number of carbonyl (C=O) groups excluding carboxylic acids is 4. The Kier molecular flexibility index (Phi) is 3.19. The molecule has 2 unspecified atom stereocenters. The van der Waals surface area contributed by atoms with E-state index in [1.807, 2.05) is 0 Å². The lowest BCUT2D eigenvalue weighted by Crippen LogP contribution is -2.40. The summed E-state index contributed by atoms with van der Waals surface area (Å²) in [6.45, 7) is -0.216. The van der Waals surface area contributed by atoms with Crippen molar-refractivity contribution >= 4 is 23.5 Å². The fourth-order valence-corrected chi connectivity index (χ4v) is 2.50. The van der Waals surface area contributed by atoms with Gasteiger partial charge in [0.2, 0.25) is 17.7 Å². The minimum absolute atomic E-state index is 0.0261. The van der Waals surface area contributed by atoms with E-state index < -0.39 is 11.8 Å². The summed E-state index contributed by atoms with van der Waals surface area (Å²) in [7, 11) is 3.15. The van der Waals surface area contributed by atoms with Gasteiger partial charge in [-0.2, -0.15) is 0 Å². The third-order valence-corrected chi connectivity index (χ3v) is 3.63. The Morgan fingerprint density at radius 2 is 1.83 bits per heavy atom. The van der Waals surface area contributed by atoms with Crippen LogP contribution in [0.15, 0.2) is 0 Å². The maximum absolute atomic E-state index is 12.0. The summed E-state index contributed by atoms with van der Waals surface area (Å²) in [6, 6.07) is 0. The molecule has 98 valence electrons. The van der Waals surface area contributed by atoms with Crippen molar-refractivity contribution in [3.05, 3.63) is 0 Å². The number of hydrogen-bond acceptors (Lipinski definition) is 4. The van der Waals surface area contributed by atoms with Gasteiger partial charge in [-0.05, 0) is 6.42 Å². The van der Waals surface area contributed by atoms with E-state index in [2.05, 4.69) is 0 Å². The minimum Gasteiger partial charge on any atom is -0.347 e. The molecule has 18 heavy (non-hydrogen) atoms. The second-order valence-electron chi connectivity index (χ2n) is 5.05. The van der Waals surface area contributed by atoms with Crippen LogP contribution in [0.3, 0.4) is 0 Å². The molecule has 2 rings (SSSR count). The van der Waals surface area contributed by atoms with Crippen LogP contribution in [-0.4, -0.2) is 53.9 Å². The third-order valence-electron chi connectivity index (χ3n) is 3.63. The van der Waals surface area contributed by atoms with Crippen molar-refractivity contribution < 1.29 is 19.2 Å². The topological polar surface area (TPSA) is 74.8 Å². The smallest absolute Gasteiger partial charge is 0.242 e. The second-order valence-corrected chi connectivity index (χ2v) is 5.05. The molecule has 3 amide bonds. The molecular formula is C12H16N2O4. The van der Waals surface area contributed by atoms with Crippen LogP contribution < -0.4 is 0 Å². The predicted molar refractivity (Wildman–Crippen MR) is 61.3 cm³/mol.